The van der Waals surface area contributed by atoms with Crippen LogP contribution >= 0.6 is 0 Å². The van der Waals surface area contributed by atoms with Gasteiger partial charge in [0.1, 0.15) is 12.4 Å². The summed E-state index contributed by atoms with van der Waals surface area (Å²) in [5, 5.41) is 0. The second-order valence-corrected chi connectivity index (χ2v) is 6.08. The summed E-state index contributed by atoms with van der Waals surface area (Å²) in [6, 6.07) is 7.18. The summed E-state index contributed by atoms with van der Waals surface area (Å²) in [6.45, 7) is 9.24. The van der Waals surface area contributed by atoms with Crippen LogP contribution in [0, 0.1) is 5.92 Å². The van der Waals surface area contributed by atoms with E-state index in [1.807, 2.05) is 19.1 Å². The molecular formula is C19H25NO4. The van der Waals surface area contributed by atoms with Crippen molar-refractivity contribution in [3.05, 3.63) is 42.0 Å². The zero-order valence-electron chi connectivity index (χ0n) is 14.4. The molecule has 2 rings (SSSR count). The van der Waals surface area contributed by atoms with Crippen LogP contribution in [-0.2, 0) is 9.53 Å². The molecule has 1 aliphatic rings. The molecule has 0 aliphatic carbocycles. The number of carbonyl (C=O) groups excluding carboxylic acids is 2. The van der Waals surface area contributed by atoms with Crippen molar-refractivity contribution in [1.82, 2.24) is 4.90 Å². The van der Waals surface area contributed by atoms with Gasteiger partial charge in [-0.1, -0.05) is 18.7 Å². The molecule has 0 aromatic heterocycles. The number of para-hydroxylation sites is 1. The number of likely N-dealkylation sites (tertiary alicyclic amines) is 1. The van der Waals surface area contributed by atoms with Crippen LogP contribution < -0.4 is 4.74 Å². The van der Waals surface area contributed by atoms with Gasteiger partial charge in [0.15, 0.2) is 0 Å². The smallest absolute Gasteiger partial charge is 0.310 e. The number of nitrogens with zero attached hydrogens (tertiary/aromatic N) is 1. The highest BCUT2D eigenvalue weighted by molar-refractivity contribution is 5.97. The fourth-order valence-corrected chi connectivity index (χ4v) is 2.75. The minimum absolute atomic E-state index is 0.110. The third-order valence-electron chi connectivity index (χ3n) is 3.92. The first-order valence-corrected chi connectivity index (χ1v) is 8.35. The van der Waals surface area contributed by atoms with E-state index in [0.29, 0.717) is 37.6 Å². The van der Waals surface area contributed by atoms with Crippen molar-refractivity contribution >= 4 is 11.9 Å². The summed E-state index contributed by atoms with van der Waals surface area (Å²) in [6.07, 6.45) is 1.56. The first kappa shape index (κ1) is 18.0. The zero-order valence-corrected chi connectivity index (χ0v) is 14.4. The van der Waals surface area contributed by atoms with E-state index >= 15 is 0 Å². The van der Waals surface area contributed by atoms with E-state index in [1.54, 1.807) is 24.0 Å². The predicted molar refractivity (Wildman–Crippen MR) is 92.0 cm³/mol. The van der Waals surface area contributed by atoms with Crippen molar-refractivity contribution in [3.63, 3.8) is 0 Å². The van der Waals surface area contributed by atoms with Gasteiger partial charge < -0.3 is 14.4 Å². The van der Waals surface area contributed by atoms with Gasteiger partial charge in [-0.2, -0.15) is 0 Å². The Hall–Kier alpha value is -2.30. The fraction of sp³-hybridized carbons (Fsp3) is 0.474. The summed E-state index contributed by atoms with van der Waals surface area (Å²) in [4.78, 5) is 26.5. The molecule has 1 aromatic rings. The normalized spacial score (nSPS) is 17.2. The van der Waals surface area contributed by atoms with Gasteiger partial charge >= 0.3 is 5.97 Å². The molecule has 1 amide bonds. The van der Waals surface area contributed by atoms with E-state index in [1.165, 1.54) is 0 Å². The number of carbonyl (C=O) groups is 2. The van der Waals surface area contributed by atoms with Crippen LogP contribution in [0.2, 0.25) is 0 Å². The lowest BCUT2D eigenvalue weighted by Crippen LogP contribution is -2.42. The second-order valence-electron chi connectivity index (χ2n) is 6.08. The van der Waals surface area contributed by atoms with Gasteiger partial charge in [-0.05, 0) is 44.4 Å². The molecule has 1 unspecified atom stereocenters. The van der Waals surface area contributed by atoms with E-state index < -0.39 is 0 Å². The Morgan fingerprint density at radius 3 is 2.79 bits per heavy atom. The van der Waals surface area contributed by atoms with Gasteiger partial charge in [0, 0.05) is 13.1 Å². The molecule has 1 aliphatic heterocycles. The standard InChI is InChI=1S/C19H25NO4/c1-4-23-19(22)15-8-7-11-20(12-15)18(21)16-9-5-6-10-17(16)24-13-14(2)3/h5-6,9-10,15H,2,4,7-8,11-13H2,1,3H3. The average Bonchev–Trinajstić information content (AvgIpc) is 2.60. The summed E-state index contributed by atoms with van der Waals surface area (Å²) in [5.41, 5.74) is 1.40. The molecule has 0 N–H and O–H groups in total. The zero-order chi connectivity index (χ0) is 17.5. The minimum atomic E-state index is -0.244. The van der Waals surface area contributed by atoms with Crippen molar-refractivity contribution in [2.75, 3.05) is 26.3 Å². The van der Waals surface area contributed by atoms with Crippen LogP contribution in [0.15, 0.2) is 36.4 Å². The first-order valence-electron chi connectivity index (χ1n) is 8.35. The molecule has 1 aromatic carbocycles. The van der Waals surface area contributed by atoms with Crippen LogP contribution in [-0.4, -0.2) is 43.1 Å². The largest absolute Gasteiger partial charge is 0.488 e. The van der Waals surface area contributed by atoms with E-state index in [-0.39, 0.29) is 17.8 Å². The van der Waals surface area contributed by atoms with E-state index in [4.69, 9.17) is 9.47 Å². The molecular weight excluding hydrogens is 306 g/mol. The Morgan fingerprint density at radius 2 is 2.08 bits per heavy atom. The molecule has 0 radical (unpaired) electrons. The lowest BCUT2D eigenvalue weighted by molar-refractivity contribution is -0.149. The maximum Gasteiger partial charge on any atom is 0.310 e. The van der Waals surface area contributed by atoms with Crippen LogP contribution in [0.4, 0.5) is 0 Å². The van der Waals surface area contributed by atoms with Crippen LogP contribution in [0.1, 0.15) is 37.0 Å². The van der Waals surface area contributed by atoms with Crippen molar-refractivity contribution in [2.45, 2.75) is 26.7 Å². The predicted octanol–water partition coefficient (Wildman–Crippen LogP) is 3.06. The number of hydrogen-bond acceptors (Lipinski definition) is 4. The van der Waals surface area contributed by atoms with Crippen LogP contribution in [0.3, 0.4) is 0 Å². The number of ether oxygens (including phenoxy) is 2. The number of esters is 1. The van der Waals surface area contributed by atoms with Gasteiger partial charge in [-0.15, -0.1) is 0 Å². The monoisotopic (exact) mass is 331 g/mol. The number of rotatable bonds is 6. The van der Waals surface area contributed by atoms with Crippen molar-refractivity contribution < 1.29 is 19.1 Å². The number of hydrogen-bond donors (Lipinski definition) is 0. The molecule has 1 atom stereocenters. The van der Waals surface area contributed by atoms with Gasteiger partial charge in [0.05, 0.1) is 18.1 Å². The van der Waals surface area contributed by atoms with E-state index in [0.717, 1.165) is 18.4 Å². The number of piperidine rings is 1. The Bertz CT molecular complexity index is 611. The Morgan fingerprint density at radius 1 is 1.33 bits per heavy atom. The molecule has 0 saturated carbocycles. The van der Waals surface area contributed by atoms with Crippen LogP contribution in [0.5, 0.6) is 5.75 Å². The highest BCUT2D eigenvalue weighted by Crippen LogP contribution is 2.24. The number of amides is 1. The van der Waals surface area contributed by atoms with Gasteiger partial charge in [0.2, 0.25) is 0 Å². The van der Waals surface area contributed by atoms with Gasteiger partial charge in [-0.25, -0.2) is 0 Å². The minimum Gasteiger partial charge on any atom is -0.488 e. The topological polar surface area (TPSA) is 55.8 Å². The summed E-state index contributed by atoms with van der Waals surface area (Å²) >= 11 is 0. The third-order valence-corrected chi connectivity index (χ3v) is 3.92. The van der Waals surface area contributed by atoms with Gasteiger partial charge in [0.25, 0.3) is 5.91 Å². The van der Waals surface area contributed by atoms with E-state index in [2.05, 4.69) is 6.58 Å². The van der Waals surface area contributed by atoms with Crippen molar-refractivity contribution in [1.29, 1.82) is 0 Å². The lowest BCUT2D eigenvalue weighted by atomic mass is 9.97. The van der Waals surface area contributed by atoms with Crippen molar-refractivity contribution in [3.8, 4) is 5.75 Å². The second kappa shape index (κ2) is 8.52. The van der Waals surface area contributed by atoms with Crippen LogP contribution in [0.25, 0.3) is 0 Å². The maximum absolute atomic E-state index is 12.9. The molecule has 5 heteroatoms. The highest BCUT2D eigenvalue weighted by Gasteiger charge is 2.30. The average molecular weight is 331 g/mol. The molecule has 1 heterocycles. The summed E-state index contributed by atoms with van der Waals surface area (Å²) < 4.78 is 10.8. The molecule has 5 nitrogen and oxygen atoms in total. The highest BCUT2D eigenvalue weighted by atomic mass is 16.5. The van der Waals surface area contributed by atoms with E-state index in [9.17, 15) is 9.59 Å². The van der Waals surface area contributed by atoms with Gasteiger partial charge in [-0.3, -0.25) is 9.59 Å². The fourth-order valence-electron chi connectivity index (χ4n) is 2.75. The Labute approximate surface area is 143 Å². The molecule has 1 fully saturated rings. The molecule has 1 saturated heterocycles. The third kappa shape index (κ3) is 4.60. The molecule has 24 heavy (non-hydrogen) atoms. The summed E-state index contributed by atoms with van der Waals surface area (Å²) in [7, 11) is 0. The summed E-state index contributed by atoms with van der Waals surface area (Å²) in [5.74, 6) is -0.0296. The maximum atomic E-state index is 12.9. The molecule has 130 valence electrons. The Balaban J connectivity index is 2.10. The lowest BCUT2D eigenvalue weighted by Gasteiger charge is -2.32. The molecule has 0 spiro atoms. The first-order chi connectivity index (χ1) is 11.5. The Kier molecular flexibility index (Phi) is 6.41. The SMILES string of the molecule is C=C(C)COc1ccccc1C(=O)N1CCCC(C(=O)OCC)C1. The van der Waals surface area contributed by atoms with Crippen molar-refractivity contribution in [2.24, 2.45) is 5.92 Å². The molecule has 0 bridgehead atoms. The quantitative estimate of drug-likeness (QED) is 0.594. The number of benzene rings is 1.